The molecule has 7 nitrogen and oxygen atoms in total. The largest absolute Gasteiger partial charge is 0.393 e. The highest BCUT2D eigenvalue weighted by molar-refractivity contribution is 5.92. The lowest BCUT2D eigenvalue weighted by atomic mass is 10.1. The van der Waals surface area contributed by atoms with Gasteiger partial charge in [-0.2, -0.15) is 0 Å². The Hall–Kier alpha value is -1.47. The monoisotopic (exact) mass is 279 g/mol. The van der Waals surface area contributed by atoms with Gasteiger partial charge in [0.2, 0.25) is 0 Å². The summed E-state index contributed by atoms with van der Waals surface area (Å²) in [5, 5.41) is 20.9. The van der Waals surface area contributed by atoms with Crippen LogP contribution in [0.3, 0.4) is 0 Å². The van der Waals surface area contributed by atoms with E-state index in [4.69, 9.17) is 0 Å². The second-order valence-electron chi connectivity index (χ2n) is 5.59. The molecule has 7 heteroatoms. The van der Waals surface area contributed by atoms with E-state index in [9.17, 15) is 9.90 Å². The average Bonchev–Trinajstić information content (AvgIpc) is 2.98. The second-order valence-corrected chi connectivity index (χ2v) is 5.59. The van der Waals surface area contributed by atoms with Gasteiger partial charge in [-0.25, -0.2) is 4.68 Å². The predicted octanol–water partition coefficient (Wildman–Crippen LogP) is -0.200. The molecule has 3 rings (SSSR count). The Morgan fingerprint density at radius 1 is 1.25 bits per heavy atom. The average molecular weight is 279 g/mol. The number of likely N-dealkylation sites (tertiary alicyclic amines) is 1. The number of aromatic nitrogens is 3. The van der Waals surface area contributed by atoms with E-state index in [1.807, 2.05) is 4.68 Å². The molecule has 2 aliphatic heterocycles. The summed E-state index contributed by atoms with van der Waals surface area (Å²) < 4.78 is 1.83. The molecule has 0 unspecified atom stereocenters. The summed E-state index contributed by atoms with van der Waals surface area (Å²) in [6.07, 6.45) is 4.83. The van der Waals surface area contributed by atoms with Crippen molar-refractivity contribution in [1.82, 2.24) is 25.2 Å². The third kappa shape index (κ3) is 2.83. The molecule has 3 heterocycles. The van der Waals surface area contributed by atoms with Gasteiger partial charge in [0.05, 0.1) is 18.3 Å². The first-order chi connectivity index (χ1) is 9.74. The molecule has 0 radical (unpaired) electrons. The first-order valence-corrected chi connectivity index (χ1v) is 7.34. The van der Waals surface area contributed by atoms with E-state index < -0.39 is 0 Å². The number of rotatable bonds is 2. The molecule has 1 amide bonds. The molecule has 0 bridgehead atoms. The molecule has 0 aliphatic carbocycles. The van der Waals surface area contributed by atoms with E-state index in [0.29, 0.717) is 37.7 Å². The van der Waals surface area contributed by atoms with Crippen LogP contribution in [0.4, 0.5) is 0 Å². The molecule has 20 heavy (non-hydrogen) atoms. The predicted molar refractivity (Wildman–Crippen MR) is 72.3 cm³/mol. The lowest BCUT2D eigenvalue weighted by Crippen LogP contribution is -2.40. The van der Waals surface area contributed by atoms with E-state index in [-0.39, 0.29) is 12.0 Å². The maximum absolute atomic E-state index is 12.3. The highest BCUT2D eigenvalue weighted by Gasteiger charge is 2.25. The fourth-order valence-electron chi connectivity index (χ4n) is 2.86. The maximum atomic E-state index is 12.3. The zero-order chi connectivity index (χ0) is 13.9. The molecule has 110 valence electrons. The molecule has 0 atom stereocenters. The number of aliphatic hydroxyl groups excluding tert-OH is 1. The van der Waals surface area contributed by atoms with Crippen molar-refractivity contribution in [2.24, 2.45) is 0 Å². The zero-order valence-electron chi connectivity index (χ0n) is 11.5. The molecule has 2 fully saturated rings. The zero-order valence-corrected chi connectivity index (χ0v) is 11.5. The van der Waals surface area contributed by atoms with Crippen molar-refractivity contribution in [3.05, 3.63) is 11.9 Å². The van der Waals surface area contributed by atoms with Crippen LogP contribution in [0.5, 0.6) is 0 Å². The second kappa shape index (κ2) is 5.88. The van der Waals surface area contributed by atoms with E-state index in [1.165, 1.54) is 0 Å². The fraction of sp³-hybridized carbons (Fsp3) is 0.769. The smallest absolute Gasteiger partial charge is 0.276 e. The quantitative estimate of drug-likeness (QED) is 0.783. The molecule has 0 spiro atoms. The summed E-state index contributed by atoms with van der Waals surface area (Å²) >= 11 is 0. The van der Waals surface area contributed by atoms with Gasteiger partial charge in [-0.15, -0.1) is 5.10 Å². The van der Waals surface area contributed by atoms with Crippen LogP contribution in [0.2, 0.25) is 0 Å². The Morgan fingerprint density at radius 3 is 2.65 bits per heavy atom. The number of nitrogens with zero attached hydrogens (tertiary/aromatic N) is 4. The summed E-state index contributed by atoms with van der Waals surface area (Å²) in [6, 6.07) is 0.341. The van der Waals surface area contributed by atoms with Gasteiger partial charge < -0.3 is 15.3 Å². The summed E-state index contributed by atoms with van der Waals surface area (Å²) in [6.45, 7) is 3.16. The van der Waals surface area contributed by atoms with E-state index in [2.05, 4.69) is 15.6 Å². The van der Waals surface area contributed by atoms with Gasteiger partial charge in [0.25, 0.3) is 5.91 Å². The minimum Gasteiger partial charge on any atom is -0.393 e. The van der Waals surface area contributed by atoms with Gasteiger partial charge in [-0.1, -0.05) is 5.21 Å². The van der Waals surface area contributed by atoms with Crippen LogP contribution in [0.25, 0.3) is 0 Å². The highest BCUT2D eigenvalue weighted by atomic mass is 16.3. The van der Waals surface area contributed by atoms with Crippen LogP contribution in [-0.2, 0) is 0 Å². The van der Waals surface area contributed by atoms with Gasteiger partial charge in [-0.05, 0) is 38.8 Å². The van der Waals surface area contributed by atoms with E-state index >= 15 is 0 Å². The lowest BCUT2D eigenvalue weighted by molar-refractivity contribution is 0.0541. The Morgan fingerprint density at radius 2 is 1.95 bits per heavy atom. The van der Waals surface area contributed by atoms with Crippen LogP contribution in [0.1, 0.15) is 42.2 Å². The number of nitrogens with one attached hydrogen (secondary N) is 1. The Bertz CT molecular complexity index is 461. The number of piperidine rings is 2. The molecule has 2 N–H and O–H groups in total. The molecule has 0 saturated carbocycles. The van der Waals surface area contributed by atoms with Crippen LogP contribution < -0.4 is 5.32 Å². The topological polar surface area (TPSA) is 83.3 Å². The minimum atomic E-state index is -0.274. The minimum absolute atomic E-state index is 0.0721. The first-order valence-electron chi connectivity index (χ1n) is 7.34. The lowest BCUT2D eigenvalue weighted by Gasteiger charge is -2.28. The molecule has 1 aromatic heterocycles. The third-order valence-electron chi connectivity index (χ3n) is 4.16. The maximum Gasteiger partial charge on any atom is 0.276 e. The normalized spacial score (nSPS) is 22.1. The van der Waals surface area contributed by atoms with Gasteiger partial charge in [0, 0.05) is 13.1 Å². The molecule has 0 aromatic carbocycles. The molecule has 2 aliphatic rings. The molecular formula is C13H21N5O2. The Labute approximate surface area is 117 Å². The van der Waals surface area contributed by atoms with Crippen molar-refractivity contribution >= 4 is 5.91 Å². The third-order valence-corrected chi connectivity index (χ3v) is 4.16. The summed E-state index contributed by atoms with van der Waals surface area (Å²) in [5.41, 5.74) is 0.417. The van der Waals surface area contributed by atoms with Gasteiger partial charge in [0.1, 0.15) is 0 Å². The number of carbonyl (C=O) groups excluding carboxylic acids is 1. The Balaban J connectivity index is 1.65. The number of hydrogen-bond donors (Lipinski definition) is 2. The van der Waals surface area contributed by atoms with Crippen LogP contribution in [0, 0.1) is 0 Å². The SMILES string of the molecule is O=C(c1cn(C2CCNCC2)nn1)N1CCC(O)CC1. The molecule has 2 saturated heterocycles. The summed E-state index contributed by atoms with van der Waals surface area (Å²) in [5.74, 6) is -0.0721. The summed E-state index contributed by atoms with van der Waals surface area (Å²) in [7, 11) is 0. The van der Waals surface area contributed by atoms with Gasteiger partial charge in [0.15, 0.2) is 5.69 Å². The molecule has 1 aromatic rings. The number of hydrogen-bond acceptors (Lipinski definition) is 5. The van der Waals surface area contributed by atoms with E-state index in [1.54, 1.807) is 11.1 Å². The van der Waals surface area contributed by atoms with Crippen LogP contribution in [-0.4, -0.2) is 63.2 Å². The number of aliphatic hydroxyl groups is 1. The molecular weight excluding hydrogens is 258 g/mol. The van der Waals surface area contributed by atoms with Crippen molar-refractivity contribution < 1.29 is 9.90 Å². The van der Waals surface area contributed by atoms with E-state index in [0.717, 1.165) is 25.9 Å². The van der Waals surface area contributed by atoms with Crippen molar-refractivity contribution in [3.63, 3.8) is 0 Å². The van der Waals surface area contributed by atoms with Gasteiger partial charge >= 0.3 is 0 Å². The standard InChI is InChI=1S/C13H21N5O2/c19-11-3-7-17(8-4-11)13(20)12-9-18(16-15-12)10-1-5-14-6-2-10/h9-11,14,19H,1-8H2. The number of carbonyl (C=O) groups is 1. The van der Waals surface area contributed by atoms with Gasteiger partial charge in [-0.3, -0.25) is 4.79 Å². The first kappa shape index (κ1) is 13.5. The van der Waals surface area contributed by atoms with Crippen molar-refractivity contribution in [2.45, 2.75) is 37.8 Å². The Kier molecular flexibility index (Phi) is 3.98. The van der Waals surface area contributed by atoms with Crippen LogP contribution >= 0.6 is 0 Å². The van der Waals surface area contributed by atoms with Crippen molar-refractivity contribution in [1.29, 1.82) is 0 Å². The van der Waals surface area contributed by atoms with Crippen molar-refractivity contribution in [2.75, 3.05) is 26.2 Å². The van der Waals surface area contributed by atoms with Crippen molar-refractivity contribution in [3.8, 4) is 0 Å². The summed E-state index contributed by atoms with van der Waals surface area (Å²) in [4.78, 5) is 14.1. The fourth-order valence-corrected chi connectivity index (χ4v) is 2.86. The number of amides is 1. The van der Waals surface area contributed by atoms with Crippen LogP contribution in [0.15, 0.2) is 6.20 Å². The highest BCUT2D eigenvalue weighted by Crippen LogP contribution is 2.18.